The lowest BCUT2D eigenvalue weighted by Crippen LogP contribution is -1.98. The third kappa shape index (κ3) is 2.58. The average molecular weight is 488 g/mol. The third-order valence-corrected chi connectivity index (χ3v) is 7.38. The lowest BCUT2D eigenvalue weighted by atomic mass is 9.92. The van der Waals surface area contributed by atoms with Crippen LogP contribution in [0, 0.1) is 0 Å². The summed E-state index contributed by atoms with van der Waals surface area (Å²) in [5, 5.41) is 6.61. The van der Waals surface area contributed by atoms with Gasteiger partial charge < -0.3 is 0 Å². The fourth-order valence-corrected chi connectivity index (χ4v) is 6.15. The first-order valence-corrected chi connectivity index (χ1v) is 11.3. The summed E-state index contributed by atoms with van der Waals surface area (Å²) in [7, 11) is 0. The van der Waals surface area contributed by atoms with Crippen molar-refractivity contribution in [1.82, 2.24) is 0 Å². The molecule has 0 saturated carbocycles. The molecule has 122 valence electrons. The van der Waals surface area contributed by atoms with Gasteiger partial charge in [0.1, 0.15) is 0 Å². The number of benzene rings is 2. The van der Waals surface area contributed by atoms with Crippen LogP contribution in [-0.2, 0) is 0 Å². The van der Waals surface area contributed by atoms with E-state index in [4.69, 9.17) is 0 Å². The fourth-order valence-electron chi connectivity index (χ4n) is 3.69. The quantitative estimate of drug-likeness (QED) is 0.235. The minimum absolute atomic E-state index is 0.287. The van der Waals surface area contributed by atoms with E-state index < -0.39 is 0 Å². The Kier molecular flexibility index (Phi) is 3.97. The summed E-state index contributed by atoms with van der Waals surface area (Å²) in [5.74, 6) is 0.287. The zero-order valence-electron chi connectivity index (χ0n) is 13.0. The summed E-state index contributed by atoms with van der Waals surface area (Å²) in [4.78, 5) is 1.43. The van der Waals surface area contributed by atoms with Crippen LogP contribution in [-0.4, -0.2) is 0 Å². The van der Waals surface area contributed by atoms with Crippen molar-refractivity contribution < 1.29 is 0 Å². The van der Waals surface area contributed by atoms with Crippen LogP contribution in [0.25, 0.3) is 22.3 Å². The molecule has 0 atom stereocenters. The maximum absolute atomic E-state index is 3.67. The smallest absolute Gasteiger partial charge is 0.0453 e. The van der Waals surface area contributed by atoms with Crippen LogP contribution < -0.4 is 0 Å². The van der Waals surface area contributed by atoms with Gasteiger partial charge in [0.25, 0.3) is 0 Å². The van der Waals surface area contributed by atoms with Crippen LogP contribution in [0.1, 0.15) is 21.9 Å². The molecule has 4 heteroatoms. The van der Waals surface area contributed by atoms with Crippen molar-refractivity contribution in [3.05, 3.63) is 89.6 Å². The van der Waals surface area contributed by atoms with E-state index in [0.717, 1.165) is 8.95 Å². The molecule has 25 heavy (non-hydrogen) atoms. The Bertz CT molecular complexity index is 1030. The summed E-state index contributed by atoms with van der Waals surface area (Å²) in [6.45, 7) is 0. The standard InChI is InChI=1S/C21H12Br2S2/c22-13-1-3-16-17-4-2-14(23)10-19(17)20(18(16)9-13)21-15(6-8-25-21)12-5-7-24-11-12/h1-11,20H. The molecule has 0 radical (unpaired) electrons. The highest BCUT2D eigenvalue weighted by Gasteiger charge is 2.32. The molecule has 0 spiro atoms. The van der Waals surface area contributed by atoms with Gasteiger partial charge >= 0.3 is 0 Å². The molecule has 0 unspecified atom stereocenters. The van der Waals surface area contributed by atoms with Gasteiger partial charge in [-0.15, -0.1) is 11.3 Å². The maximum Gasteiger partial charge on any atom is 0.0453 e. The number of hydrogen-bond donors (Lipinski definition) is 0. The van der Waals surface area contributed by atoms with Gasteiger partial charge in [0.05, 0.1) is 0 Å². The first-order valence-electron chi connectivity index (χ1n) is 7.91. The first-order chi connectivity index (χ1) is 12.2. The van der Waals surface area contributed by atoms with E-state index in [9.17, 15) is 0 Å². The van der Waals surface area contributed by atoms with Crippen LogP contribution >= 0.6 is 54.5 Å². The van der Waals surface area contributed by atoms with Crippen LogP contribution in [0.5, 0.6) is 0 Å². The number of fused-ring (bicyclic) bond motifs is 3. The van der Waals surface area contributed by atoms with Gasteiger partial charge in [0.15, 0.2) is 0 Å². The molecule has 0 N–H and O–H groups in total. The van der Waals surface area contributed by atoms with Crippen molar-refractivity contribution in [3.63, 3.8) is 0 Å². The Morgan fingerprint density at radius 1 is 0.720 bits per heavy atom. The number of hydrogen-bond acceptors (Lipinski definition) is 2. The van der Waals surface area contributed by atoms with Gasteiger partial charge in [-0.05, 0) is 85.9 Å². The van der Waals surface area contributed by atoms with Crippen molar-refractivity contribution >= 4 is 54.5 Å². The summed E-state index contributed by atoms with van der Waals surface area (Å²) in [6.07, 6.45) is 0. The highest BCUT2D eigenvalue weighted by Crippen LogP contribution is 2.52. The highest BCUT2D eigenvalue weighted by molar-refractivity contribution is 9.10. The largest absolute Gasteiger partial charge is 0.152 e. The third-order valence-electron chi connectivity index (χ3n) is 4.73. The van der Waals surface area contributed by atoms with E-state index >= 15 is 0 Å². The average Bonchev–Trinajstić information content (AvgIpc) is 3.31. The summed E-state index contributed by atoms with van der Waals surface area (Å²) < 4.78 is 2.27. The maximum atomic E-state index is 3.67. The zero-order valence-corrected chi connectivity index (χ0v) is 17.8. The Morgan fingerprint density at radius 3 is 2.00 bits per heavy atom. The van der Waals surface area contributed by atoms with E-state index in [0.29, 0.717) is 0 Å². The van der Waals surface area contributed by atoms with Gasteiger partial charge in [-0.25, -0.2) is 0 Å². The van der Waals surface area contributed by atoms with Gasteiger partial charge in [-0.1, -0.05) is 44.0 Å². The molecule has 2 heterocycles. The molecule has 1 aliphatic carbocycles. The predicted octanol–water partition coefficient (Wildman–Crippen LogP) is 8.16. The van der Waals surface area contributed by atoms with Crippen molar-refractivity contribution in [2.75, 3.05) is 0 Å². The molecule has 1 aliphatic rings. The molecule has 0 aliphatic heterocycles. The number of thiophene rings is 2. The second-order valence-corrected chi connectivity index (χ2v) is 9.67. The molecule has 0 fully saturated rings. The lowest BCUT2D eigenvalue weighted by molar-refractivity contribution is 1.05. The molecular weight excluding hydrogens is 476 g/mol. The minimum Gasteiger partial charge on any atom is -0.152 e. The Morgan fingerprint density at radius 2 is 1.40 bits per heavy atom. The van der Waals surface area contributed by atoms with Gasteiger partial charge in [-0.3, -0.25) is 0 Å². The predicted molar refractivity (Wildman–Crippen MR) is 116 cm³/mol. The molecule has 2 aromatic heterocycles. The number of halogens is 2. The minimum atomic E-state index is 0.287. The second-order valence-electron chi connectivity index (χ2n) is 6.11. The van der Waals surface area contributed by atoms with Crippen LogP contribution in [0.4, 0.5) is 0 Å². The number of rotatable bonds is 2. The first kappa shape index (κ1) is 16.0. The Balaban J connectivity index is 1.79. The van der Waals surface area contributed by atoms with E-state index in [2.05, 4.69) is 96.5 Å². The molecule has 2 aromatic carbocycles. The monoisotopic (exact) mass is 486 g/mol. The molecule has 0 nitrogen and oxygen atoms in total. The summed E-state index contributed by atoms with van der Waals surface area (Å²) in [5.41, 5.74) is 8.15. The van der Waals surface area contributed by atoms with Crippen molar-refractivity contribution in [2.45, 2.75) is 5.92 Å². The molecule has 5 rings (SSSR count). The fraction of sp³-hybridized carbons (Fsp3) is 0.0476. The van der Waals surface area contributed by atoms with E-state index in [1.54, 1.807) is 11.3 Å². The Labute approximate surface area is 171 Å². The lowest BCUT2D eigenvalue weighted by Gasteiger charge is -2.15. The van der Waals surface area contributed by atoms with Gasteiger partial charge in [0.2, 0.25) is 0 Å². The van der Waals surface area contributed by atoms with E-state index in [1.807, 2.05) is 11.3 Å². The second kappa shape index (κ2) is 6.20. The van der Waals surface area contributed by atoms with Crippen molar-refractivity contribution in [1.29, 1.82) is 0 Å². The molecular formula is C21H12Br2S2. The molecule has 4 aromatic rings. The highest BCUT2D eigenvalue weighted by atomic mass is 79.9. The molecule has 0 bridgehead atoms. The zero-order chi connectivity index (χ0) is 17.0. The SMILES string of the molecule is Brc1ccc2c(c1)C(c1sccc1-c1ccsc1)c1cc(Br)ccc1-2. The van der Waals surface area contributed by atoms with Crippen LogP contribution in [0.2, 0.25) is 0 Å². The van der Waals surface area contributed by atoms with E-state index in [1.165, 1.54) is 38.3 Å². The van der Waals surface area contributed by atoms with Crippen LogP contribution in [0.3, 0.4) is 0 Å². The van der Waals surface area contributed by atoms with E-state index in [-0.39, 0.29) is 5.92 Å². The Hall–Kier alpha value is -1.20. The topological polar surface area (TPSA) is 0 Å². The molecule has 0 amide bonds. The van der Waals surface area contributed by atoms with Crippen molar-refractivity contribution in [2.24, 2.45) is 0 Å². The van der Waals surface area contributed by atoms with Gasteiger partial charge in [-0.2, -0.15) is 11.3 Å². The normalized spacial score (nSPS) is 13.0. The van der Waals surface area contributed by atoms with Crippen LogP contribution in [0.15, 0.2) is 73.6 Å². The summed E-state index contributed by atoms with van der Waals surface area (Å²) >= 11 is 10.9. The van der Waals surface area contributed by atoms with Gasteiger partial charge in [0, 0.05) is 19.7 Å². The molecule has 0 saturated heterocycles. The summed E-state index contributed by atoms with van der Waals surface area (Å²) in [6, 6.07) is 17.8. The van der Waals surface area contributed by atoms with Crippen molar-refractivity contribution in [3.8, 4) is 22.3 Å².